The zero-order chi connectivity index (χ0) is 20.4. The van der Waals surface area contributed by atoms with Crippen molar-refractivity contribution in [1.29, 1.82) is 0 Å². The van der Waals surface area contributed by atoms with Crippen LogP contribution in [0.2, 0.25) is 5.02 Å². The molecule has 0 bridgehead atoms. The summed E-state index contributed by atoms with van der Waals surface area (Å²) in [5.74, 6) is -0.0201. The minimum atomic E-state index is -0.485. The maximum absolute atomic E-state index is 12.5. The lowest BCUT2D eigenvalue weighted by molar-refractivity contribution is -0.384. The number of nitro groups is 1. The molecule has 0 saturated heterocycles. The third-order valence-corrected chi connectivity index (χ3v) is 5.05. The van der Waals surface area contributed by atoms with Crippen LogP contribution in [-0.2, 0) is 0 Å². The third-order valence-electron chi connectivity index (χ3n) is 4.04. The Bertz CT molecular complexity index is 1200. The lowest BCUT2D eigenvalue weighted by Crippen LogP contribution is -2.10. The third kappa shape index (κ3) is 4.18. The highest BCUT2D eigenvalue weighted by Gasteiger charge is 2.16. The van der Waals surface area contributed by atoms with Crippen LogP contribution in [0.4, 0.5) is 10.8 Å². The van der Waals surface area contributed by atoms with Crippen LogP contribution in [-0.4, -0.2) is 15.8 Å². The van der Waals surface area contributed by atoms with Crippen LogP contribution in [0, 0.1) is 10.1 Å². The fraction of sp³-hybridized carbons (Fsp3) is 0. The minimum Gasteiger partial charge on any atom is -0.451 e. The first kappa shape index (κ1) is 18.9. The number of nitrogens with one attached hydrogen (secondary N) is 1. The zero-order valence-electron chi connectivity index (χ0n) is 14.7. The molecule has 2 aromatic heterocycles. The molecule has 0 aliphatic carbocycles. The molecule has 0 radical (unpaired) electrons. The van der Waals surface area contributed by atoms with Crippen LogP contribution in [0.1, 0.15) is 10.6 Å². The van der Waals surface area contributed by atoms with Gasteiger partial charge in [0.25, 0.3) is 11.6 Å². The second-order valence-electron chi connectivity index (χ2n) is 5.97. The molecule has 9 heteroatoms. The second-order valence-corrected chi connectivity index (χ2v) is 7.26. The molecule has 4 aromatic rings. The highest BCUT2D eigenvalue weighted by Crippen LogP contribution is 2.28. The monoisotopic (exact) mass is 425 g/mol. The number of furan rings is 1. The summed E-state index contributed by atoms with van der Waals surface area (Å²) in [6.45, 7) is 0. The number of non-ortho nitro benzene ring substituents is 1. The van der Waals surface area contributed by atoms with Gasteiger partial charge >= 0.3 is 0 Å². The molecule has 0 spiro atoms. The SMILES string of the molecule is O=C(Nc1nc(-c2ccc(Cl)cc2)cs1)c1ccc(-c2cccc([N+](=O)[O-])c2)o1. The van der Waals surface area contributed by atoms with E-state index in [1.807, 2.05) is 17.5 Å². The van der Waals surface area contributed by atoms with Gasteiger partial charge in [-0.3, -0.25) is 20.2 Å². The van der Waals surface area contributed by atoms with Gasteiger partial charge in [-0.1, -0.05) is 35.9 Å². The smallest absolute Gasteiger partial charge is 0.293 e. The van der Waals surface area contributed by atoms with Gasteiger partial charge in [-0.05, 0) is 24.3 Å². The number of aromatic nitrogens is 1. The van der Waals surface area contributed by atoms with E-state index in [1.54, 1.807) is 30.3 Å². The standard InChI is InChI=1S/C20H12ClN3O4S/c21-14-6-4-12(5-7-14)16-11-29-20(22-16)23-19(25)18-9-8-17(28-18)13-2-1-3-15(10-13)24(26)27/h1-11H,(H,22,23,25). The summed E-state index contributed by atoms with van der Waals surface area (Å²) in [4.78, 5) is 27.3. The van der Waals surface area contributed by atoms with Crippen molar-refractivity contribution in [2.45, 2.75) is 0 Å². The van der Waals surface area contributed by atoms with Gasteiger partial charge in [-0.25, -0.2) is 4.98 Å². The van der Waals surface area contributed by atoms with Crippen molar-refractivity contribution < 1.29 is 14.1 Å². The number of hydrogen-bond donors (Lipinski definition) is 1. The van der Waals surface area contributed by atoms with E-state index in [2.05, 4.69) is 10.3 Å². The first-order chi connectivity index (χ1) is 14.0. The number of benzene rings is 2. The Morgan fingerprint density at radius 3 is 2.66 bits per heavy atom. The Balaban J connectivity index is 1.49. The average Bonchev–Trinajstić information content (AvgIpc) is 3.38. The molecule has 144 valence electrons. The van der Waals surface area contributed by atoms with Gasteiger partial charge in [-0.2, -0.15) is 0 Å². The number of anilines is 1. The van der Waals surface area contributed by atoms with Gasteiger partial charge in [0.15, 0.2) is 10.9 Å². The summed E-state index contributed by atoms with van der Waals surface area (Å²) in [6, 6.07) is 16.4. The number of thiazole rings is 1. The van der Waals surface area contributed by atoms with E-state index in [0.29, 0.717) is 21.5 Å². The summed E-state index contributed by atoms with van der Waals surface area (Å²) in [5, 5.41) is 16.5. The number of carbonyl (C=O) groups is 1. The fourth-order valence-corrected chi connectivity index (χ4v) is 3.47. The van der Waals surface area contributed by atoms with Crippen molar-refractivity contribution in [3.63, 3.8) is 0 Å². The van der Waals surface area contributed by atoms with Crippen LogP contribution in [0.3, 0.4) is 0 Å². The first-order valence-corrected chi connectivity index (χ1v) is 9.63. The van der Waals surface area contributed by atoms with Crippen LogP contribution in [0.25, 0.3) is 22.6 Å². The van der Waals surface area contributed by atoms with Gasteiger partial charge in [0.1, 0.15) is 5.76 Å². The number of halogens is 1. The van der Waals surface area contributed by atoms with E-state index in [1.165, 1.54) is 29.5 Å². The molecule has 1 amide bonds. The summed E-state index contributed by atoms with van der Waals surface area (Å²) in [5.41, 5.74) is 2.07. The maximum Gasteiger partial charge on any atom is 0.293 e. The van der Waals surface area contributed by atoms with Crippen LogP contribution < -0.4 is 5.32 Å². The molecule has 0 atom stereocenters. The maximum atomic E-state index is 12.5. The van der Waals surface area contributed by atoms with Crippen molar-refractivity contribution in [2.75, 3.05) is 5.32 Å². The number of hydrogen-bond acceptors (Lipinski definition) is 6. The van der Waals surface area contributed by atoms with E-state index in [0.717, 1.165) is 11.3 Å². The van der Waals surface area contributed by atoms with E-state index in [-0.39, 0.29) is 11.4 Å². The minimum absolute atomic E-state index is 0.0533. The van der Waals surface area contributed by atoms with E-state index in [4.69, 9.17) is 16.0 Å². The van der Waals surface area contributed by atoms with Gasteiger partial charge in [0, 0.05) is 33.7 Å². The summed E-state index contributed by atoms with van der Waals surface area (Å²) in [7, 11) is 0. The van der Waals surface area contributed by atoms with Crippen molar-refractivity contribution in [3.8, 4) is 22.6 Å². The summed E-state index contributed by atoms with van der Waals surface area (Å²) >= 11 is 7.18. The topological polar surface area (TPSA) is 98.3 Å². The molecular formula is C20H12ClN3O4S. The van der Waals surface area contributed by atoms with Crippen LogP contribution in [0.5, 0.6) is 0 Å². The molecule has 0 saturated carbocycles. The van der Waals surface area contributed by atoms with Crippen molar-refractivity contribution in [3.05, 3.63) is 86.9 Å². The Morgan fingerprint density at radius 2 is 1.90 bits per heavy atom. The number of amides is 1. The molecule has 0 unspecified atom stereocenters. The zero-order valence-corrected chi connectivity index (χ0v) is 16.2. The Labute approximate surface area is 173 Å². The predicted molar refractivity (Wildman–Crippen MR) is 111 cm³/mol. The summed E-state index contributed by atoms with van der Waals surface area (Å²) < 4.78 is 5.57. The van der Waals surface area contributed by atoms with Crippen LogP contribution in [0.15, 0.2) is 70.5 Å². The molecule has 7 nitrogen and oxygen atoms in total. The number of nitrogens with zero attached hydrogens (tertiary/aromatic N) is 2. The molecule has 2 aromatic carbocycles. The highest BCUT2D eigenvalue weighted by atomic mass is 35.5. The fourth-order valence-electron chi connectivity index (χ4n) is 2.63. The van der Waals surface area contributed by atoms with E-state index in [9.17, 15) is 14.9 Å². The largest absolute Gasteiger partial charge is 0.451 e. The molecule has 0 aliphatic rings. The molecule has 0 aliphatic heterocycles. The van der Waals surface area contributed by atoms with Gasteiger partial charge in [-0.15, -0.1) is 11.3 Å². The van der Waals surface area contributed by atoms with E-state index < -0.39 is 10.8 Å². The van der Waals surface area contributed by atoms with Gasteiger partial charge in [0.05, 0.1) is 10.6 Å². The normalized spacial score (nSPS) is 10.7. The Kier molecular flexibility index (Phi) is 5.11. The molecule has 0 fully saturated rings. The number of nitro benzene ring substituents is 1. The second kappa shape index (κ2) is 7.86. The molecule has 2 heterocycles. The first-order valence-electron chi connectivity index (χ1n) is 8.37. The molecule has 1 N–H and O–H groups in total. The molecule has 29 heavy (non-hydrogen) atoms. The quantitative estimate of drug-likeness (QED) is 0.318. The van der Waals surface area contributed by atoms with Crippen LogP contribution >= 0.6 is 22.9 Å². The molecule has 4 rings (SSSR count). The lowest BCUT2D eigenvalue weighted by atomic mass is 10.1. The van der Waals surface area contributed by atoms with Gasteiger partial charge in [0.2, 0.25) is 0 Å². The molecular weight excluding hydrogens is 414 g/mol. The predicted octanol–water partition coefficient (Wildman–Crippen LogP) is 5.88. The van der Waals surface area contributed by atoms with Crippen molar-refractivity contribution >= 4 is 39.7 Å². The number of carbonyl (C=O) groups excluding carboxylic acids is 1. The summed E-state index contributed by atoms with van der Waals surface area (Å²) in [6.07, 6.45) is 0. The van der Waals surface area contributed by atoms with E-state index >= 15 is 0 Å². The Hall–Kier alpha value is -3.49. The van der Waals surface area contributed by atoms with Gasteiger partial charge < -0.3 is 4.42 Å². The van der Waals surface area contributed by atoms with Crippen molar-refractivity contribution in [2.24, 2.45) is 0 Å². The highest BCUT2D eigenvalue weighted by molar-refractivity contribution is 7.14. The lowest BCUT2D eigenvalue weighted by Gasteiger charge is -2.00. The van der Waals surface area contributed by atoms with Crippen molar-refractivity contribution in [1.82, 2.24) is 4.98 Å². The average molecular weight is 426 g/mol. The Morgan fingerprint density at radius 1 is 1.10 bits per heavy atom. The number of rotatable bonds is 5.